The third-order valence-corrected chi connectivity index (χ3v) is 3.39. The molecule has 0 aliphatic carbocycles. The number of nitrogens with zero attached hydrogens (tertiary/aromatic N) is 1. The van der Waals surface area contributed by atoms with Crippen molar-refractivity contribution in [3.05, 3.63) is 22.9 Å². The average Bonchev–Trinajstić information content (AvgIpc) is 2.58. The summed E-state index contributed by atoms with van der Waals surface area (Å²) in [7, 11) is -3.34. The second-order valence-electron chi connectivity index (χ2n) is 3.87. The SMILES string of the molecule is CS(=O)(=O)CC(=O)Nc1c[nH]c2ncc(Br)cc12. The van der Waals surface area contributed by atoms with Gasteiger partial charge in [0.2, 0.25) is 5.91 Å². The number of hydrogen-bond acceptors (Lipinski definition) is 4. The van der Waals surface area contributed by atoms with E-state index in [0.29, 0.717) is 16.7 Å². The summed E-state index contributed by atoms with van der Waals surface area (Å²) < 4.78 is 22.8. The minimum absolute atomic E-state index is 0.507. The second-order valence-corrected chi connectivity index (χ2v) is 6.93. The maximum atomic E-state index is 11.5. The molecule has 2 N–H and O–H groups in total. The highest BCUT2D eigenvalue weighted by molar-refractivity contribution is 9.10. The van der Waals surface area contributed by atoms with Crippen molar-refractivity contribution in [3.63, 3.8) is 0 Å². The van der Waals surface area contributed by atoms with E-state index in [-0.39, 0.29) is 0 Å². The fourth-order valence-electron chi connectivity index (χ4n) is 1.51. The third-order valence-electron chi connectivity index (χ3n) is 2.17. The number of fused-ring (bicyclic) bond motifs is 1. The van der Waals surface area contributed by atoms with E-state index < -0.39 is 21.5 Å². The van der Waals surface area contributed by atoms with E-state index in [2.05, 4.69) is 31.2 Å². The maximum absolute atomic E-state index is 11.5. The van der Waals surface area contributed by atoms with Gasteiger partial charge >= 0.3 is 0 Å². The molecule has 8 heteroatoms. The standard InChI is InChI=1S/C10H10BrN3O3S/c1-18(16,17)5-9(15)14-8-4-13-10-7(8)2-6(11)3-12-10/h2-4H,5H2,1H3,(H,12,13)(H,14,15). The minimum atomic E-state index is -3.34. The van der Waals surface area contributed by atoms with E-state index in [0.717, 1.165) is 10.7 Å². The Bertz CT molecular complexity index is 708. The summed E-state index contributed by atoms with van der Waals surface area (Å²) >= 11 is 3.28. The molecule has 0 fully saturated rings. The summed E-state index contributed by atoms with van der Waals surface area (Å²) in [5, 5.41) is 3.25. The molecule has 2 heterocycles. The molecule has 2 aromatic heterocycles. The van der Waals surface area contributed by atoms with Crippen molar-refractivity contribution in [2.24, 2.45) is 0 Å². The zero-order valence-corrected chi connectivity index (χ0v) is 11.8. The summed E-state index contributed by atoms with van der Waals surface area (Å²) in [5.74, 6) is -1.11. The van der Waals surface area contributed by atoms with Crippen LogP contribution in [0.25, 0.3) is 11.0 Å². The summed E-state index contributed by atoms with van der Waals surface area (Å²) in [6.45, 7) is 0. The molecule has 0 saturated heterocycles. The molecule has 0 aliphatic rings. The van der Waals surface area contributed by atoms with Crippen molar-refractivity contribution in [2.45, 2.75) is 0 Å². The molecule has 0 unspecified atom stereocenters. The molecule has 0 radical (unpaired) electrons. The molecule has 0 spiro atoms. The summed E-state index contributed by atoms with van der Waals surface area (Å²) in [5.41, 5.74) is 1.13. The average molecular weight is 332 g/mol. The Hall–Kier alpha value is -1.41. The number of pyridine rings is 1. The molecular weight excluding hydrogens is 322 g/mol. The topological polar surface area (TPSA) is 91.9 Å². The molecule has 0 bridgehead atoms. The molecule has 0 aromatic carbocycles. The lowest BCUT2D eigenvalue weighted by Crippen LogP contribution is -2.21. The zero-order valence-electron chi connectivity index (χ0n) is 9.40. The number of sulfone groups is 1. The Balaban J connectivity index is 2.27. The van der Waals surface area contributed by atoms with Crippen LogP contribution in [0.1, 0.15) is 0 Å². The number of amides is 1. The van der Waals surface area contributed by atoms with Gasteiger partial charge in [0.05, 0.1) is 5.69 Å². The molecule has 1 amide bonds. The molecule has 18 heavy (non-hydrogen) atoms. The zero-order chi connectivity index (χ0) is 13.3. The van der Waals surface area contributed by atoms with Gasteiger partial charge in [0.1, 0.15) is 11.4 Å². The van der Waals surface area contributed by atoms with E-state index in [1.54, 1.807) is 18.5 Å². The van der Waals surface area contributed by atoms with Crippen LogP contribution in [0.5, 0.6) is 0 Å². The van der Waals surface area contributed by atoms with Crippen LogP contribution in [-0.2, 0) is 14.6 Å². The van der Waals surface area contributed by atoms with E-state index in [9.17, 15) is 13.2 Å². The van der Waals surface area contributed by atoms with Gasteiger partial charge in [-0.3, -0.25) is 4.79 Å². The summed E-state index contributed by atoms with van der Waals surface area (Å²) in [4.78, 5) is 18.5. The lowest BCUT2D eigenvalue weighted by atomic mass is 10.3. The van der Waals surface area contributed by atoms with Gasteiger partial charge in [-0.1, -0.05) is 0 Å². The predicted molar refractivity (Wildman–Crippen MR) is 72.1 cm³/mol. The number of aromatic nitrogens is 2. The van der Waals surface area contributed by atoms with E-state index in [4.69, 9.17) is 0 Å². The van der Waals surface area contributed by atoms with Crippen LogP contribution < -0.4 is 5.32 Å². The highest BCUT2D eigenvalue weighted by Gasteiger charge is 2.13. The van der Waals surface area contributed by atoms with Crippen molar-refractivity contribution >= 4 is 48.4 Å². The van der Waals surface area contributed by atoms with Crippen molar-refractivity contribution in [3.8, 4) is 0 Å². The van der Waals surface area contributed by atoms with E-state index in [1.165, 1.54) is 0 Å². The molecular formula is C10H10BrN3O3S. The predicted octanol–water partition coefficient (Wildman–Crippen LogP) is 1.31. The number of carbonyl (C=O) groups is 1. The number of nitrogens with one attached hydrogen (secondary N) is 2. The molecule has 0 atom stereocenters. The van der Waals surface area contributed by atoms with Gasteiger partial charge in [0.15, 0.2) is 9.84 Å². The number of aromatic amines is 1. The van der Waals surface area contributed by atoms with E-state index >= 15 is 0 Å². The highest BCUT2D eigenvalue weighted by Crippen LogP contribution is 2.24. The first-order valence-electron chi connectivity index (χ1n) is 4.95. The van der Waals surface area contributed by atoms with Crippen molar-refractivity contribution in [2.75, 3.05) is 17.3 Å². The molecule has 2 aromatic rings. The first-order chi connectivity index (χ1) is 8.35. The first-order valence-corrected chi connectivity index (χ1v) is 7.81. The van der Waals surface area contributed by atoms with Crippen LogP contribution in [0.3, 0.4) is 0 Å². The molecule has 96 valence electrons. The van der Waals surface area contributed by atoms with Gasteiger partial charge in [-0.25, -0.2) is 13.4 Å². The fraction of sp³-hybridized carbons (Fsp3) is 0.200. The number of carbonyl (C=O) groups excluding carboxylic acids is 1. The van der Waals surface area contributed by atoms with Crippen LogP contribution in [0.15, 0.2) is 22.9 Å². The lowest BCUT2D eigenvalue weighted by molar-refractivity contribution is -0.113. The Labute approximate surface area is 112 Å². The highest BCUT2D eigenvalue weighted by atomic mass is 79.9. The Morgan fingerprint density at radius 3 is 2.94 bits per heavy atom. The van der Waals surface area contributed by atoms with Crippen LogP contribution in [0.4, 0.5) is 5.69 Å². The minimum Gasteiger partial charge on any atom is -0.344 e. The van der Waals surface area contributed by atoms with Crippen molar-refractivity contribution in [1.82, 2.24) is 9.97 Å². The lowest BCUT2D eigenvalue weighted by Gasteiger charge is -2.02. The van der Waals surface area contributed by atoms with Gasteiger partial charge in [-0.2, -0.15) is 0 Å². The van der Waals surface area contributed by atoms with Crippen molar-refractivity contribution < 1.29 is 13.2 Å². The number of H-pyrrole nitrogens is 1. The fourth-order valence-corrected chi connectivity index (χ4v) is 2.39. The number of halogens is 1. The Morgan fingerprint density at radius 1 is 1.56 bits per heavy atom. The number of rotatable bonds is 3. The van der Waals surface area contributed by atoms with Crippen LogP contribution in [-0.4, -0.2) is 36.3 Å². The summed E-state index contributed by atoms with van der Waals surface area (Å²) in [6, 6.07) is 1.79. The normalized spacial score (nSPS) is 11.7. The summed E-state index contributed by atoms with van der Waals surface area (Å²) in [6.07, 6.45) is 4.21. The smallest absolute Gasteiger partial charge is 0.239 e. The van der Waals surface area contributed by atoms with Gasteiger partial charge in [-0.05, 0) is 22.0 Å². The van der Waals surface area contributed by atoms with Gasteiger partial charge in [0.25, 0.3) is 0 Å². The third kappa shape index (κ3) is 3.08. The maximum Gasteiger partial charge on any atom is 0.239 e. The second kappa shape index (κ2) is 4.69. The monoisotopic (exact) mass is 331 g/mol. The Morgan fingerprint density at radius 2 is 2.28 bits per heavy atom. The number of anilines is 1. The molecule has 2 rings (SSSR count). The molecule has 6 nitrogen and oxygen atoms in total. The van der Waals surface area contributed by atoms with E-state index in [1.807, 2.05) is 0 Å². The van der Waals surface area contributed by atoms with Gasteiger partial charge in [0, 0.05) is 28.5 Å². The van der Waals surface area contributed by atoms with Crippen LogP contribution >= 0.6 is 15.9 Å². The van der Waals surface area contributed by atoms with Crippen LogP contribution in [0, 0.1) is 0 Å². The van der Waals surface area contributed by atoms with Crippen LogP contribution in [0.2, 0.25) is 0 Å². The Kier molecular flexibility index (Phi) is 3.40. The van der Waals surface area contributed by atoms with Gasteiger partial charge in [-0.15, -0.1) is 0 Å². The largest absolute Gasteiger partial charge is 0.344 e. The quantitative estimate of drug-likeness (QED) is 0.886. The number of hydrogen-bond donors (Lipinski definition) is 2. The first kappa shape index (κ1) is 13.0. The molecule has 0 aliphatic heterocycles. The van der Waals surface area contributed by atoms with Gasteiger partial charge < -0.3 is 10.3 Å². The molecule has 0 saturated carbocycles. The van der Waals surface area contributed by atoms with Crippen molar-refractivity contribution in [1.29, 1.82) is 0 Å².